The van der Waals surface area contributed by atoms with Gasteiger partial charge in [0, 0.05) is 30.6 Å². The predicted molar refractivity (Wildman–Crippen MR) is 69.9 cm³/mol. The molecular formula is C13H14N2O4. The average molecular weight is 262 g/mol. The van der Waals surface area contributed by atoms with Crippen LogP contribution in [0.25, 0.3) is 11.0 Å². The van der Waals surface area contributed by atoms with Crippen molar-refractivity contribution >= 4 is 16.9 Å². The van der Waals surface area contributed by atoms with Crippen molar-refractivity contribution < 1.29 is 14.3 Å². The first kappa shape index (κ1) is 13.1. The van der Waals surface area contributed by atoms with E-state index in [0.717, 1.165) is 0 Å². The molecule has 0 aliphatic rings. The van der Waals surface area contributed by atoms with E-state index >= 15 is 0 Å². The van der Waals surface area contributed by atoms with Crippen LogP contribution in [0.5, 0.6) is 5.75 Å². The Kier molecular flexibility index (Phi) is 3.82. The summed E-state index contributed by atoms with van der Waals surface area (Å²) >= 11 is 0. The molecule has 6 nitrogen and oxygen atoms in total. The number of aromatic hydroxyl groups is 1. The summed E-state index contributed by atoms with van der Waals surface area (Å²) in [5.41, 5.74) is 5.55. The molecule has 0 spiro atoms. The third-order valence-corrected chi connectivity index (χ3v) is 2.63. The maximum Gasteiger partial charge on any atom is 0.336 e. The van der Waals surface area contributed by atoms with Gasteiger partial charge in [0.15, 0.2) is 0 Å². The zero-order valence-corrected chi connectivity index (χ0v) is 10.2. The molecule has 0 saturated heterocycles. The molecular weight excluding hydrogens is 248 g/mol. The van der Waals surface area contributed by atoms with E-state index in [-0.39, 0.29) is 23.7 Å². The Morgan fingerprint density at radius 1 is 1.37 bits per heavy atom. The van der Waals surface area contributed by atoms with Crippen LogP contribution in [0, 0.1) is 0 Å². The Morgan fingerprint density at radius 3 is 2.89 bits per heavy atom. The summed E-state index contributed by atoms with van der Waals surface area (Å²) in [6.07, 6.45) is 0.0624. The number of phenols is 1. The van der Waals surface area contributed by atoms with Crippen molar-refractivity contribution in [3.05, 3.63) is 40.2 Å². The van der Waals surface area contributed by atoms with Crippen molar-refractivity contribution in [3.8, 4) is 5.75 Å². The molecule has 2 rings (SSSR count). The van der Waals surface area contributed by atoms with Crippen LogP contribution in [-0.4, -0.2) is 24.1 Å². The van der Waals surface area contributed by atoms with Gasteiger partial charge in [-0.25, -0.2) is 4.79 Å². The standard InChI is InChI=1S/C13H14N2O4/c14-3-4-15-12(17)5-8-6-13(18)19-11-7-9(16)1-2-10(8)11/h1-2,6-7,16H,3-5,14H2,(H,15,17). The van der Waals surface area contributed by atoms with E-state index in [9.17, 15) is 14.7 Å². The third-order valence-electron chi connectivity index (χ3n) is 2.63. The maximum atomic E-state index is 11.6. The Balaban J connectivity index is 2.37. The second-order valence-electron chi connectivity index (χ2n) is 4.09. The highest BCUT2D eigenvalue weighted by Gasteiger charge is 2.10. The summed E-state index contributed by atoms with van der Waals surface area (Å²) in [7, 11) is 0. The summed E-state index contributed by atoms with van der Waals surface area (Å²) in [6.45, 7) is 0.746. The molecule has 2 aromatic rings. The summed E-state index contributed by atoms with van der Waals surface area (Å²) < 4.78 is 4.98. The lowest BCUT2D eigenvalue weighted by Gasteiger charge is -2.06. The van der Waals surface area contributed by atoms with Gasteiger partial charge in [-0.1, -0.05) is 0 Å². The van der Waals surface area contributed by atoms with Crippen molar-refractivity contribution in [3.63, 3.8) is 0 Å². The molecule has 1 amide bonds. The zero-order chi connectivity index (χ0) is 13.8. The molecule has 1 heterocycles. The van der Waals surface area contributed by atoms with E-state index in [1.54, 1.807) is 6.07 Å². The minimum atomic E-state index is -0.556. The Hall–Kier alpha value is -2.34. The highest BCUT2D eigenvalue weighted by Crippen LogP contribution is 2.21. The van der Waals surface area contributed by atoms with E-state index in [1.165, 1.54) is 18.2 Å². The fourth-order valence-electron chi connectivity index (χ4n) is 1.81. The molecule has 100 valence electrons. The van der Waals surface area contributed by atoms with Crippen LogP contribution in [0.2, 0.25) is 0 Å². The molecule has 0 bridgehead atoms. The first-order valence-electron chi connectivity index (χ1n) is 5.82. The molecule has 19 heavy (non-hydrogen) atoms. The number of carbonyl (C=O) groups excluding carboxylic acids is 1. The fourth-order valence-corrected chi connectivity index (χ4v) is 1.81. The van der Waals surface area contributed by atoms with Crippen LogP contribution in [-0.2, 0) is 11.2 Å². The third kappa shape index (κ3) is 3.11. The SMILES string of the molecule is NCCNC(=O)Cc1cc(=O)oc2cc(O)ccc12. The second kappa shape index (κ2) is 5.53. The number of benzene rings is 1. The van der Waals surface area contributed by atoms with E-state index < -0.39 is 5.63 Å². The van der Waals surface area contributed by atoms with Crippen LogP contribution in [0.15, 0.2) is 33.5 Å². The lowest BCUT2D eigenvalue weighted by atomic mass is 10.1. The summed E-state index contributed by atoms with van der Waals surface area (Å²) in [6, 6.07) is 5.71. The Bertz CT molecular complexity index is 663. The highest BCUT2D eigenvalue weighted by atomic mass is 16.4. The number of hydrogen-bond acceptors (Lipinski definition) is 5. The van der Waals surface area contributed by atoms with Crippen LogP contribution in [0.1, 0.15) is 5.56 Å². The number of phenolic OH excluding ortho intramolecular Hbond substituents is 1. The molecule has 0 saturated carbocycles. The molecule has 0 aliphatic heterocycles. The smallest absolute Gasteiger partial charge is 0.336 e. The quantitative estimate of drug-likeness (QED) is 0.678. The van der Waals surface area contributed by atoms with Gasteiger partial charge in [-0.05, 0) is 17.7 Å². The number of amides is 1. The lowest BCUT2D eigenvalue weighted by molar-refractivity contribution is -0.120. The van der Waals surface area contributed by atoms with E-state index in [2.05, 4.69) is 5.32 Å². The van der Waals surface area contributed by atoms with Gasteiger partial charge in [0.2, 0.25) is 5.91 Å². The van der Waals surface area contributed by atoms with Gasteiger partial charge in [-0.2, -0.15) is 0 Å². The van der Waals surface area contributed by atoms with E-state index in [4.69, 9.17) is 10.2 Å². The molecule has 1 aromatic heterocycles. The van der Waals surface area contributed by atoms with Gasteiger partial charge in [-0.15, -0.1) is 0 Å². The minimum absolute atomic E-state index is 0.000355. The van der Waals surface area contributed by atoms with Crippen molar-refractivity contribution in [2.24, 2.45) is 5.73 Å². The molecule has 0 atom stereocenters. The van der Waals surface area contributed by atoms with Crippen molar-refractivity contribution in [1.29, 1.82) is 0 Å². The van der Waals surface area contributed by atoms with Gasteiger partial charge in [0.05, 0.1) is 6.42 Å². The normalized spacial score (nSPS) is 10.6. The van der Waals surface area contributed by atoms with Gasteiger partial charge in [-0.3, -0.25) is 4.79 Å². The van der Waals surface area contributed by atoms with E-state index in [0.29, 0.717) is 24.0 Å². The van der Waals surface area contributed by atoms with Gasteiger partial charge < -0.3 is 20.6 Å². The molecule has 0 unspecified atom stereocenters. The highest BCUT2D eigenvalue weighted by molar-refractivity contribution is 5.87. The fraction of sp³-hybridized carbons (Fsp3) is 0.231. The molecule has 6 heteroatoms. The van der Waals surface area contributed by atoms with Crippen molar-refractivity contribution in [2.75, 3.05) is 13.1 Å². The average Bonchev–Trinajstić information content (AvgIpc) is 2.35. The van der Waals surface area contributed by atoms with Crippen molar-refractivity contribution in [2.45, 2.75) is 6.42 Å². The number of hydrogen-bond donors (Lipinski definition) is 3. The first-order chi connectivity index (χ1) is 9.10. The predicted octanol–water partition coefficient (Wildman–Crippen LogP) is 0.116. The van der Waals surface area contributed by atoms with Gasteiger partial charge >= 0.3 is 5.63 Å². The van der Waals surface area contributed by atoms with Crippen LogP contribution in [0.3, 0.4) is 0 Å². The van der Waals surface area contributed by atoms with Crippen molar-refractivity contribution in [1.82, 2.24) is 5.32 Å². The lowest BCUT2D eigenvalue weighted by Crippen LogP contribution is -2.30. The van der Waals surface area contributed by atoms with Crippen LogP contribution < -0.4 is 16.7 Å². The van der Waals surface area contributed by atoms with Gasteiger partial charge in [0.1, 0.15) is 11.3 Å². The molecule has 1 aromatic carbocycles. The molecule has 0 fully saturated rings. The van der Waals surface area contributed by atoms with E-state index in [1.807, 2.05) is 0 Å². The monoisotopic (exact) mass is 262 g/mol. The number of nitrogens with two attached hydrogens (primary N) is 1. The Labute approximate surface area is 108 Å². The van der Waals surface area contributed by atoms with Crippen LogP contribution >= 0.6 is 0 Å². The number of fused-ring (bicyclic) bond motifs is 1. The molecule has 0 radical (unpaired) electrons. The number of carbonyl (C=O) groups is 1. The summed E-state index contributed by atoms with van der Waals surface area (Å²) in [5, 5.41) is 12.6. The molecule has 0 aliphatic carbocycles. The largest absolute Gasteiger partial charge is 0.508 e. The molecule has 4 N–H and O–H groups in total. The maximum absolute atomic E-state index is 11.6. The van der Waals surface area contributed by atoms with Gasteiger partial charge in [0.25, 0.3) is 0 Å². The topological polar surface area (TPSA) is 106 Å². The number of rotatable bonds is 4. The summed E-state index contributed by atoms with van der Waals surface area (Å²) in [5.74, 6) is -0.217. The second-order valence-corrected chi connectivity index (χ2v) is 4.09. The zero-order valence-electron chi connectivity index (χ0n) is 10.2. The number of nitrogens with one attached hydrogen (secondary N) is 1. The summed E-state index contributed by atoms with van der Waals surface area (Å²) in [4.78, 5) is 23.1. The van der Waals surface area contributed by atoms with Crippen LogP contribution in [0.4, 0.5) is 0 Å². The Morgan fingerprint density at radius 2 is 2.16 bits per heavy atom. The minimum Gasteiger partial charge on any atom is -0.508 e. The first-order valence-corrected chi connectivity index (χ1v) is 5.82.